The van der Waals surface area contributed by atoms with Gasteiger partial charge >= 0.3 is 0 Å². The highest BCUT2D eigenvalue weighted by molar-refractivity contribution is 5.48. The highest BCUT2D eigenvalue weighted by atomic mass is 16.1. The van der Waals surface area contributed by atoms with E-state index >= 15 is 0 Å². The number of rotatable bonds is 6. The zero-order chi connectivity index (χ0) is 7.82. The van der Waals surface area contributed by atoms with Crippen molar-refractivity contribution >= 4 is 12.8 Å². The fourth-order valence-electron chi connectivity index (χ4n) is 0.608. The first-order valence-electron chi connectivity index (χ1n) is 3.21. The van der Waals surface area contributed by atoms with Crippen LogP contribution in [0.2, 0.25) is 0 Å². The summed E-state index contributed by atoms with van der Waals surface area (Å²) in [4.78, 5) is 19.7. The van der Waals surface area contributed by atoms with E-state index in [0.717, 1.165) is 6.42 Å². The predicted octanol–water partition coefficient (Wildman–Crippen LogP) is -0.743. The van der Waals surface area contributed by atoms with Crippen LogP contribution in [0.4, 0.5) is 0 Å². The van der Waals surface area contributed by atoms with E-state index in [9.17, 15) is 9.59 Å². The van der Waals surface area contributed by atoms with E-state index in [4.69, 9.17) is 0 Å². The average molecular weight is 144 g/mol. The molecule has 0 aromatic heterocycles. The smallest absolute Gasteiger partial charge is 0.207 e. The van der Waals surface area contributed by atoms with Gasteiger partial charge in [0.25, 0.3) is 0 Å². The molecule has 0 rings (SSSR count). The van der Waals surface area contributed by atoms with Crippen LogP contribution in [0.15, 0.2) is 0 Å². The quantitative estimate of drug-likeness (QED) is 0.482. The number of nitrogens with one attached hydrogen (secondary N) is 2. The maximum absolute atomic E-state index is 9.91. The van der Waals surface area contributed by atoms with E-state index in [1.54, 1.807) is 0 Å². The Morgan fingerprint density at radius 3 is 2.50 bits per heavy atom. The summed E-state index contributed by atoms with van der Waals surface area (Å²) in [6, 6.07) is 0.0581. The van der Waals surface area contributed by atoms with Gasteiger partial charge in [0.1, 0.15) is 0 Å². The number of hydrogen-bond acceptors (Lipinski definition) is 2. The van der Waals surface area contributed by atoms with Gasteiger partial charge in [0.15, 0.2) is 0 Å². The molecule has 0 aliphatic carbocycles. The van der Waals surface area contributed by atoms with Gasteiger partial charge in [-0.05, 0) is 6.42 Å². The Kier molecular flexibility index (Phi) is 5.42. The number of carbonyl (C=O) groups excluding carboxylic acids is 2. The molecule has 2 N–H and O–H groups in total. The summed E-state index contributed by atoms with van der Waals surface area (Å²) in [6.45, 7) is 2.44. The highest BCUT2D eigenvalue weighted by Crippen LogP contribution is 1.84. The minimum atomic E-state index is 0.0581. The van der Waals surface area contributed by atoms with Crippen LogP contribution in [-0.2, 0) is 9.59 Å². The zero-order valence-electron chi connectivity index (χ0n) is 5.96. The molecule has 1 unspecified atom stereocenters. The molecule has 0 heterocycles. The van der Waals surface area contributed by atoms with Crippen LogP contribution >= 0.6 is 0 Å². The maximum atomic E-state index is 9.91. The van der Waals surface area contributed by atoms with Gasteiger partial charge in [-0.2, -0.15) is 0 Å². The normalized spacial score (nSPS) is 11.7. The molecule has 0 aromatic carbocycles. The van der Waals surface area contributed by atoms with Crippen molar-refractivity contribution in [3.05, 3.63) is 0 Å². The minimum Gasteiger partial charge on any atom is -0.357 e. The SMILES string of the molecule is CCC(CNC=O)NC=O. The van der Waals surface area contributed by atoms with Gasteiger partial charge in [-0.25, -0.2) is 0 Å². The Bertz CT molecular complexity index is 106. The van der Waals surface area contributed by atoms with Crippen molar-refractivity contribution in [2.24, 2.45) is 0 Å². The summed E-state index contributed by atoms with van der Waals surface area (Å²) in [5.41, 5.74) is 0. The molecule has 0 saturated heterocycles. The van der Waals surface area contributed by atoms with Crippen molar-refractivity contribution in [3.63, 3.8) is 0 Å². The predicted molar refractivity (Wildman–Crippen MR) is 37.3 cm³/mol. The van der Waals surface area contributed by atoms with E-state index in [1.807, 2.05) is 6.92 Å². The van der Waals surface area contributed by atoms with Crippen molar-refractivity contribution < 1.29 is 9.59 Å². The molecule has 0 radical (unpaired) electrons. The lowest BCUT2D eigenvalue weighted by Gasteiger charge is -2.11. The van der Waals surface area contributed by atoms with Crippen LogP contribution in [0.1, 0.15) is 13.3 Å². The van der Waals surface area contributed by atoms with Gasteiger partial charge in [0.2, 0.25) is 12.8 Å². The minimum absolute atomic E-state index is 0.0581. The summed E-state index contributed by atoms with van der Waals surface area (Å²) in [7, 11) is 0. The van der Waals surface area contributed by atoms with Crippen LogP contribution in [0.5, 0.6) is 0 Å². The lowest BCUT2D eigenvalue weighted by Crippen LogP contribution is -2.36. The Hall–Kier alpha value is -1.06. The molecule has 0 saturated carbocycles. The summed E-state index contributed by atoms with van der Waals surface area (Å²) in [6.07, 6.45) is 2.08. The van der Waals surface area contributed by atoms with E-state index in [-0.39, 0.29) is 6.04 Å². The number of carbonyl (C=O) groups is 2. The monoisotopic (exact) mass is 144 g/mol. The second-order valence-electron chi connectivity index (χ2n) is 1.92. The third-order valence-electron chi connectivity index (χ3n) is 1.24. The standard InChI is InChI=1S/C6H12N2O2/c1-2-6(8-5-10)3-7-4-9/h4-6H,2-3H2,1H3,(H,7,9)(H,8,10). The number of amides is 2. The summed E-state index contributed by atoms with van der Waals surface area (Å²) >= 11 is 0. The van der Waals surface area contributed by atoms with Crippen molar-refractivity contribution in [1.29, 1.82) is 0 Å². The van der Waals surface area contributed by atoms with Crippen molar-refractivity contribution in [2.75, 3.05) is 6.54 Å². The molecule has 2 amide bonds. The summed E-state index contributed by atoms with van der Waals surface area (Å²) in [5, 5.41) is 5.05. The Morgan fingerprint density at radius 2 is 2.10 bits per heavy atom. The van der Waals surface area contributed by atoms with E-state index in [0.29, 0.717) is 19.4 Å². The molecule has 0 aliphatic rings. The molecule has 0 bridgehead atoms. The van der Waals surface area contributed by atoms with Crippen LogP contribution in [0, 0.1) is 0 Å². The van der Waals surface area contributed by atoms with E-state index in [2.05, 4.69) is 10.6 Å². The second-order valence-corrected chi connectivity index (χ2v) is 1.92. The molecule has 0 aromatic rings. The van der Waals surface area contributed by atoms with Crippen LogP contribution in [0.25, 0.3) is 0 Å². The first kappa shape index (κ1) is 8.94. The lowest BCUT2D eigenvalue weighted by molar-refractivity contribution is -0.111. The van der Waals surface area contributed by atoms with Gasteiger partial charge in [0.05, 0.1) is 0 Å². The third-order valence-corrected chi connectivity index (χ3v) is 1.24. The van der Waals surface area contributed by atoms with Crippen molar-refractivity contribution in [1.82, 2.24) is 10.6 Å². The Balaban J connectivity index is 3.38. The molecular weight excluding hydrogens is 132 g/mol. The van der Waals surface area contributed by atoms with Gasteiger partial charge < -0.3 is 10.6 Å². The molecule has 10 heavy (non-hydrogen) atoms. The van der Waals surface area contributed by atoms with Crippen molar-refractivity contribution in [2.45, 2.75) is 19.4 Å². The molecule has 0 aliphatic heterocycles. The van der Waals surface area contributed by atoms with Crippen molar-refractivity contribution in [3.8, 4) is 0 Å². The van der Waals surface area contributed by atoms with Crippen LogP contribution in [-0.4, -0.2) is 25.4 Å². The molecule has 0 spiro atoms. The van der Waals surface area contributed by atoms with Crippen LogP contribution in [0.3, 0.4) is 0 Å². The largest absolute Gasteiger partial charge is 0.357 e. The van der Waals surface area contributed by atoms with Gasteiger partial charge in [0, 0.05) is 12.6 Å². The Labute approximate surface area is 60.0 Å². The first-order valence-corrected chi connectivity index (χ1v) is 3.21. The lowest BCUT2D eigenvalue weighted by atomic mass is 10.2. The fourth-order valence-corrected chi connectivity index (χ4v) is 0.608. The summed E-state index contributed by atoms with van der Waals surface area (Å²) in [5.74, 6) is 0. The third kappa shape index (κ3) is 3.88. The van der Waals surface area contributed by atoms with Gasteiger partial charge in [-0.3, -0.25) is 9.59 Å². The fraction of sp³-hybridized carbons (Fsp3) is 0.667. The van der Waals surface area contributed by atoms with E-state index < -0.39 is 0 Å². The molecule has 0 fully saturated rings. The Morgan fingerprint density at radius 1 is 1.40 bits per heavy atom. The molecule has 58 valence electrons. The molecule has 1 atom stereocenters. The van der Waals surface area contributed by atoms with Crippen LogP contribution < -0.4 is 10.6 Å². The molecule has 4 heteroatoms. The second kappa shape index (κ2) is 6.07. The zero-order valence-corrected chi connectivity index (χ0v) is 5.96. The maximum Gasteiger partial charge on any atom is 0.207 e. The first-order chi connectivity index (χ1) is 4.85. The topological polar surface area (TPSA) is 58.2 Å². The number of hydrogen-bond donors (Lipinski definition) is 2. The highest BCUT2D eigenvalue weighted by Gasteiger charge is 2.00. The van der Waals surface area contributed by atoms with Gasteiger partial charge in [-0.1, -0.05) is 6.92 Å². The molecular formula is C6H12N2O2. The van der Waals surface area contributed by atoms with E-state index in [1.165, 1.54) is 0 Å². The summed E-state index contributed by atoms with van der Waals surface area (Å²) < 4.78 is 0. The molecule has 4 nitrogen and oxygen atoms in total. The average Bonchev–Trinajstić information content (AvgIpc) is 1.98. The van der Waals surface area contributed by atoms with Gasteiger partial charge in [-0.15, -0.1) is 0 Å².